The van der Waals surface area contributed by atoms with Crippen LogP contribution in [0, 0.1) is 0 Å². The lowest BCUT2D eigenvalue weighted by atomic mass is 9.95. The van der Waals surface area contributed by atoms with Gasteiger partial charge in [0.2, 0.25) is 0 Å². The van der Waals surface area contributed by atoms with Gasteiger partial charge in [-0.3, -0.25) is 14.6 Å². The molecule has 1 aromatic carbocycles. The van der Waals surface area contributed by atoms with E-state index in [0.717, 1.165) is 42.9 Å². The molecule has 27 heavy (non-hydrogen) atoms. The number of hydrogen-bond acceptors (Lipinski definition) is 3. The summed E-state index contributed by atoms with van der Waals surface area (Å²) in [5, 5.41) is 3.39. The van der Waals surface area contributed by atoms with E-state index in [1.165, 1.54) is 30.3 Å². The Hall–Kier alpha value is -1.96. The molecule has 1 saturated carbocycles. The molecule has 144 valence electrons. The average molecular weight is 395 g/mol. The van der Waals surface area contributed by atoms with E-state index in [4.69, 9.17) is 0 Å². The van der Waals surface area contributed by atoms with Gasteiger partial charge in [-0.1, -0.05) is 43.2 Å². The van der Waals surface area contributed by atoms with Crippen LogP contribution in [0.4, 0.5) is 19.0 Å². The van der Waals surface area contributed by atoms with Crippen molar-refractivity contribution >= 4 is 22.6 Å². The molecule has 0 amide bonds. The van der Waals surface area contributed by atoms with Gasteiger partial charge in [0, 0.05) is 0 Å². The number of alkyl halides is 3. The van der Waals surface area contributed by atoms with E-state index < -0.39 is 11.7 Å². The minimum Gasteiger partial charge on any atom is -0.268 e. The summed E-state index contributed by atoms with van der Waals surface area (Å²) in [6.45, 7) is 1.87. The van der Waals surface area contributed by atoms with Crippen molar-refractivity contribution in [2.45, 2.75) is 56.5 Å². The molecule has 0 bridgehead atoms. The minimum atomic E-state index is -4.37. The highest BCUT2D eigenvalue weighted by Crippen LogP contribution is 2.45. The van der Waals surface area contributed by atoms with Crippen LogP contribution in [-0.2, 0) is 6.18 Å². The van der Waals surface area contributed by atoms with Crippen molar-refractivity contribution < 1.29 is 13.2 Å². The van der Waals surface area contributed by atoms with E-state index in [-0.39, 0.29) is 16.9 Å². The van der Waals surface area contributed by atoms with Gasteiger partial charge >= 0.3 is 6.18 Å². The number of H-pyrrole nitrogens is 1. The van der Waals surface area contributed by atoms with Crippen LogP contribution in [0.25, 0.3) is 0 Å². The SMILES string of the molecule is CC1=Nc2c(c(=O)[nH]n2C2CCCCC2)[C@@H](c2ccc(C(F)(F)F)cc2)S1. The quantitative estimate of drug-likeness (QED) is 0.721. The molecule has 0 radical (unpaired) electrons. The molecule has 4 nitrogen and oxygen atoms in total. The molecule has 2 aliphatic rings. The first kappa shape index (κ1) is 18.4. The molecule has 1 aliphatic carbocycles. The zero-order valence-corrected chi connectivity index (χ0v) is 15.7. The van der Waals surface area contributed by atoms with E-state index >= 15 is 0 Å². The normalized spacial score (nSPS) is 21.0. The van der Waals surface area contributed by atoms with E-state index in [0.29, 0.717) is 16.9 Å². The number of thioether (sulfide) groups is 1. The summed E-state index contributed by atoms with van der Waals surface area (Å²) < 4.78 is 40.4. The summed E-state index contributed by atoms with van der Waals surface area (Å²) in [4.78, 5) is 17.3. The fraction of sp³-hybridized carbons (Fsp3) is 0.474. The number of fused-ring (bicyclic) bond motifs is 1. The molecule has 1 aliphatic heterocycles. The average Bonchev–Trinajstić information content (AvgIpc) is 2.98. The monoisotopic (exact) mass is 395 g/mol. The van der Waals surface area contributed by atoms with E-state index in [9.17, 15) is 18.0 Å². The Bertz CT molecular complexity index is 921. The molecule has 0 spiro atoms. The van der Waals surface area contributed by atoms with Gasteiger partial charge in [0.15, 0.2) is 5.82 Å². The first-order chi connectivity index (χ1) is 12.8. The van der Waals surface area contributed by atoms with Crippen LogP contribution in [0.15, 0.2) is 34.1 Å². The third-order valence-electron chi connectivity index (χ3n) is 5.23. The van der Waals surface area contributed by atoms with Gasteiger partial charge in [-0.15, -0.1) is 0 Å². The molecule has 4 rings (SSSR count). The lowest BCUT2D eigenvalue weighted by molar-refractivity contribution is -0.137. The van der Waals surface area contributed by atoms with Gasteiger partial charge in [0.05, 0.1) is 27.5 Å². The number of halogens is 3. The summed E-state index contributed by atoms with van der Waals surface area (Å²) in [7, 11) is 0. The molecular weight excluding hydrogens is 375 g/mol. The fourth-order valence-electron chi connectivity index (χ4n) is 3.89. The number of aliphatic imine (C=N–C) groups is 1. The number of aromatic nitrogens is 2. The summed E-state index contributed by atoms with van der Waals surface area (Å²) >= 11 is 1.41. The highest BCUT2D eigenvalue weighted by atomic mass is 32.2. The topological polar surface area (TPSA) is 50.1 Å². The predicted molar refractivity (Wildman–Crippen MR) is 101 cm³/mol. The Morgan fingerprint density at radius 3 is 2.44 bits per heavy atom. The van der Waals surface area contributed by atoms with Gasteiger partial charge in [-0.2, -0.15) is 13.2 Å². The van der Waals surface area contributed by atoms with Crippen LogP contribution >= 0.6 is 11.8 Å². The van der Waals surface area contributed by atoms with Gasteiger partial charge in [-0.05, 0) is 37.5 Å². The van der Waals surface area contributed by atoms with Crippen molar-refractivity contribution in [3.8, 4) is 0 Å². The maximum absolute atomic E-state index is 12.9. The van der Waals surface area contributed by atoms with Gasteiger partial charge in [-0.25, -0.2) is 4.99 Å². The van der Waals surface area contributed by atoms with Crippen molar-refractivity contribution in [3.05, 3.63) is 51.3 Å². The third kappa shape index (κ3) is 3.47. The fourth-order valence-corrected chi connectivity index (χ4v) is 5.00. The van der Waals surface area contributed by atoms with E-state index in [1.807, 2.05) is 11.6 Å². The Kier molecular flexibility index (Phi) is 4.70. The Morgan fingerprint density at radius 2 is 1.81 bits per heavy atom. The van der Waals surface area contributed by atoms with Crippen LogP contribution < -0.4 is 5.56 Å². The van der Waals surface area contributed by atoms with Crippen LogP contribution in [0.3, 0.4) is 0 Å². The zero-order valence-electron chi connectivity index (χ0n) is 14.8. The Balaban J connectivity index is 1.75. The van der Waals surface area contributed by atoms with Crippen molar-refractivity contribution in [1.82, 2.24) is 9.78 Å². The van der Waals surface area contributed by atoms with E-state index in [2.05, 4.69) is 10.1 Å². The standard InChI is InChI=1S/C19H20F3N3OS/c1-11-23-17-15(18(26)24-25(17)14-5-3-2-4-6-14)16(27-11)12-7-9-13(10-8-12)19(20,21)22/h7-10,14,16H,2-6H2,1H3,(H,24,26)/t16-/m1/s1. The number of benzene rings is 1. The first-order valence-electron chi connectivity index (χ1n) is 9.08. The summed E-state index contributed by atoms with van der Waals surface area (Å²) in [5.41, 5.74) is 0.321. The third-order valence-corrected chi connectivity index (χ3v) is 6.41. The summed E-state index contributed by atoms with van der Waals surface area (Å²) in [6, 6.07) is 5.29. The lowest BCUT2D eigenvalue weighted by Crippen LogP contribution is -2.16. The summed E-state index contributed by atoms with van der Waals surface area (Å²) in [5.74, 6) is 0.632. The molecule has 1 aromatic heterocycles. The van der Waals surface area contributed by atoms with Gasteiger partial charge < -0.3 is 0 Å². The van der Waals surface area contributed by atoms with Crippen LogP contribution in [0.5, 0.6) is 0 Å². The zero-order chi connectivity index (χ0) is 19.2. The molecule has 8 heteroatoms. The van der Waals surface area contributed by atoms with Crippen LogP contribution in [0.1, 0.15) is 67.0 Å². The Morgan fingerprint density at radius 1 is 1.15 bits per heavy atom. The maximum atomic E-state index is 12.9. The second kappa shape index (κ2) is 6.89. The van der Waals surface area contributed by atoms with Gasteiger partial charge in [0.25, 0.3) is 5.56 Å². The number of nitrogens with zero attached hydrogens (tertiary/aromatic N) is 2. The molecule has 2 heterocycles. The van der Waals surface area contributed by atoms with Crippen LogP contribution in [-0.4, -0.2) is 14.8 Å². The van der Waals surface area contributed by atoms with Crippen molar-refractivity contribution in [3.63, 3.8) is 0 Å². The second-order valence-corrected chi connectivity index (χ2v) is 8.39. The summed E-state index contributed by atoms with van der Waals surface area (Å²) in [6.07, 6.45) is 1.09. The van der Waals surface area contributed by atoms with Gasteiger partial charge in [0.1, 0.15) is 0 Å². The minimum absolute atomic E-state index is 0.204. The van der Waals surface area contributed by atoms with Crippen molar-refractivity contribution in [1.29, 1.82) is 0 Å². The highest BCUT2D eigenvalue weighted by molar-refractivity contribution is 8.14. The number of aromatic amines is 1. The molecule has 0 saturated heterocycles. The molecular formula is C19H20F3N3OS. The van der Waals surface area contributed by atoms with Crippen molar-refractivity contribution in [2.75, 3.05) is 0 Å². The molecule has 1 atom stereocenters. The first-order valence-corrected chi connectivity index (χ1v) is 9.96. The smallest absolute Gasteiger partial charge is 0.268 e. The molecule has 1 fully saturated rings. The lowest BCUT2D eigenvalue weighted by Gasteiger charge is -2.26. The Labute approximate surface area is 158 Å². The highest BCUT2D eigenvalue weighted by Gasteiger charge is 2.34. The predicted octanol–water partition coefficient (Wildman–Crippen LogP) is 5.59. The largest absolute Gasteiger partial charge is 0.416 e. The number of rotatable bonds is 2. The molecule has 2 aromatic rings. The maximum Gasteiger partial charge on any atom is 0.416 e. The number of nitrogens with one attached hydrogen (secondary N) is 1. The molecule has 1 N–H and O–H groups in total. The second-order valence-electron chi connectivity index (χ2n) is 7.09. The van der Waals surface area contributed by atoms with E-state index in [1.54, 1.807) is 0 Å². The van der Waals surface area contributed by atoms with Crippen molar-refractivity contribution in [2.24, 2.45) is 4.99 Å². The molecule has 0 unspecified atom stereocenters. The van der Waals surface area contributed by atoms with Crippen LogP contribution in [0.2, 0.25) is 0 Å². The number of hydrogen-bond donors (Lipinski definition) is 1.